The molecule has 7 nitrogen and oxygen atoms in total. The zero-order chi connectivity index (χ0) is 29.7. The first-order chi connectivity index (χ1) is 19.5. The summed E-state index contributed by atoms with van der Waals surface area (Å²) >= 11 is 0. The molecule has 4 rings (SSSR count). The van der Waals surface area contributed by atoms with E-state index in [0.29, 0.717) is 54.0 Å². The van der Waals surface area contributed by atoms with Crippen LogP contribution >= 0.6 is 0 Å². The predicted molar refractivity (Wildman–Crippen MR) is 147 cm³/mol. The lowest BCUT2D eigenvalue weighted by molar-refractivity contribution is -0.138. The van der Waals surface area contributed by atoms with Crippen molar-refractivity contribution in [2.24, 2.45) is 0 Å². The second-order valence-electron chi connectivity index (χ2n) is 10.1. The van der Waals surface area contributed by atoms with Crippen molar-refractivity contribution in [3.8, 4) is 0 Å². The van der Waals surface area contributed by atoms with Crippen LogP contribution in [0, 0.1) is 12.7 Å². The lowest BCUT2D eigenvalue weighted by Gasteiger charge is -2.34. The van der Waals surface area contributed by atoms with Gasteiger partial charge < -0.3 is 15.0 Å². The number of ether oxygens (including phenoxy) is 1. The average Bonchev–Trinajstić information content (AvgIpc) is 2.91. The molecule has 1 amide bonds. The van der Waals surface area contributed by atoms with Gasteiger partial charge >= 0.3 is 6.18 Å². The Morgan fingerprint density at radius 3 is 2.41 bits per heavy atom. The number of halogens is 4. The zero-order valence-corrected chi connectivity index (χ0v) is 23.4. The molecular weight excluding hydrogens is 540 g/mol. The lowest BCUT2D eigenvalue weighted by Crippen LogP contribution is -2.45. The maximum atomic E-state index is 15.0. The summed E-state index contributed by atoms with van der Waals surface area (Å²) in [7, 11) is 0. The maximum Gasteiger partial charge on any atom is 0.416 e. The van der Waals surface area contributed by atoms with Crippen LogP contribution in [-0.4, -0.2) is 65.8 Å². The van der Waals surface area contributed by atoms with Crippen LogP contribution < -0.4 is 5.32 Å². The van der Waals surface area contributed by atoms with E-state index in [2.05, 4.69) is 15.2 Å². The molecule has 2 aromatic rings. The van der Waals surface area contributed by atoms with E-state index in [0.717, 1.165) is 25.7 Å². The summed E-state index contributed by atoms with van der Waals surface area (Å²) in [5.74, 6) is -1.25. The molecule has 0 unspecified atom stereocenters. The number of pyridine rings is 1. The number of hydrogen-bond acceptors (Lipinski definition) is 6. The monoisotopic (exact) mass is 574 g/mol. The van der Waals surface area contributed by atoms with Crippen LogP contribution in [0.2, 0.25) is 0 Å². The molecule has 220 valence electrons. The molecule has 0 bridgehead atoms. The third-order valence-electron chi connectivity index (χ3n) is 7.27. The second kappa shape index (κ2) is 12.9. The number of anilines is 1. The van der Waals surface area contributed by atoms with Crippen LogP contribution in [0.5, 0.6) is 0 Å². The van der Waals surface area contributed by atoms with Gasteiger partial charge in [-0.2, -0.15) is 13.2 Å². The van der Waals surface area contributed by atoms with Crippen LogP contribution in [-0.2, 0) is 33.5 Å². The minimum Gasteiger partial charge on any atom is -0.493 e. The molecule has 11 heteroatoms. The van der Waals surface area contributed by atoms with Gasteiger partial charge in [0.2, 0.25) is 5.91 Å². The van der Waals surface area contributed by atoms with Gasteiger partial charge in [0, 0.05) is 56.5 Å². The number of nitrogens with zero attached hydrogens (tertiary/aromatic N) is 3. The Labute approximate surface area is 236 Å². The molecule has 0 saturated carbocycles. The number of alkyl halides is 3. The number of nitrogens with one attached hydrogen (secondary N) is 1. The molecule has 0 atom stereocenters. The molecule has 1 fully saturated rings. The van der Waals surface area contributed by atoms with Gasteiger partial charge in [-0.05, 0) is 49.7 Å². The van der Waals surface area contributed by atoms with Crippen molar-refractivity contribution >= 4 is 23.0 Å². The highest BCUT2D eigenvalue weighted by atomic mass is 19.4. The maximum absolute atomic E-state index is 15.0. The first kappa shape index (κ1) is 30.4. The minimum absolute atomic E-state index is 0.0282. The van der Waals surface area contributed by atoms with Crippen molar-refractivity contribution in [1.29, 1.82) is 0 Å². The third kappa shape index (κ3) is 7.59. The number of carbonyl (C=O) groups excluding carboxylic acids is 2. The Kier molecular flexibility index (Phi) is 9.60. The minimum atomic E-state index is -4.71. The van der Waals surface area contributed by atoms with Gasteiger partial charge in [-0.15, -0.1) is 0 Å². The number of hydrogen-bond donors (Lipinski definition) is 1. The first-order valence-corrected chi connectivity index (χ1v) is 13.7. The zero-order valence-electron chi connectivity index (χ0n) is 23.4. The Bertz CT molecular complexity index is 1360. The highest BCUT2D eigenvalue weighted by Gasteiger charge is 2.35. The molecular formula is C30H34F4N4O3. The highest BCUT2D eigenvalue weighted by Crippen LogP contribution is 2.36. The van der Waals surface area contributed by atoms with Gasteiger partial charge in [0.05, 0.1) is 30.0 Å². The van der Waals surface area contributed by atoms with Crippen molar-refractivity contribution in [2.45, 2.75) is 46.3 Å². The number of allylic oxidation sites excluding steroid dienone is 3. The number of ketones is 1. The summed E-state index contributed by atoms with van der Waals surface area (Å²) in [5, 5.41) is 2.31. The summed E-state index contributed by atoms with van der Waals surface area (Å²) in [4.78, 5) is 33.2. The van der Waals surface area contributed by atoms with E-state index in [9.17, 15) is 27.2 Å². The van der Waals surface area contributed by atoms with Crippen LogP contribution in [0.15, 0.2) is 42.2 Å². The van der Waals surface area contributed by atoms with E-state index >= 15 is 0 Å². The number of rotatable bonds is 9. The number of aromatic nitrogens is 1. The quantitative estimate of drug-likeness (QED) is 0.418. The fourth-order valence-corrected chi connectivity index (χ4v) is 5.00. The smallest absolute Gasteiger partial charge is 0.416 e. The third-order valence-corrected chi connectivity index (χ3v) is 7.27. The lowest BCUT2D eigenvalue weighted by atomic mass is 9.99. The number of amides is 1. The van der Waals surface area contributed by atoms with Gasteiger partial charge in [0.15, 0.2) is 5.78 Å². The fourth-order valence-electron chi connectivity index (χ4n) is 5.00. The van der Waals surface area contributed by atoms with E-state index in [1.807, 2.05) is 11.8 Å². The molecule has 1 aliphatic heterocycles. The topological polar surface area (TPSA) is 74.8 Å². The second-order valence-corrected chi connectivity index (χ2v) is 10.1. The molecule has 2 aliphatic rings. The van der Waals surface area contributed by atoms with Gasteiger partial charge in [-0.25, -0.2) is 4.39 Å². The van der Waals surface area contributed by atoms with Crippen molar-refractivity contribution < 1.29 is 31.9 Å². The SMILES string of the molecule is CCOC1=CC(=O)CC=C1c1ccc(CC(=O)Nc2cc(C(F)(F)F)c(CN3CCN(CC)CC3)cc2F)c(C)n1. The summed E-state index contributed by atoms with van der Waals surface area (Å²) < 4.78 is 62.4. The van der Waals surface area contributed by atoms with E-state index in [1.54, 1.807) is 32.1 Å². The number of carbonyl (C=O) groups is 2. The highest BCUT2D eigenvalue weighted by molar-refractivity contribution is 5.99. The Morgan fingerprint density at radius 1 is 1.07 bits per heavy atom. The van der Waals surface area contributed by atoms with E-state index in [-0.39, 0.29) is 30.7 Å². The van der Waals surface area contributed by atoms with Crippen LogP contribution in [0.3, 0.4) is 0 Å². The van der Waals surface area contributed by atoms with E-state index in [1.165, 1.54) is 6.08 Å². The van der Waals surface area contributed by atoms with Crippen LogP contribution in [0.25, 0.3) is 5.57 Å². The molecule has 1 N–H and O–H groups in total. The van der Waals surface area contributed by atoms with Crippen molar-refractivity contribution in [1.82, 2.24) is 14.8 Å². The van der Waals surface area contributed by atoms with Gasteiger partial charge in [-0.3, -0.25) is 19.5 Å². The first-order valence-electron chi connectivity index (χ1n) is 13.7. The number of benzene rings is 1. The van der Waals surface area contributed by atoms with Crippen molar-refractivity contribution in [3.05, 3.63) is 76.1 Å². The Morgan fingerprint density at radius 2 is 1.78 bits per heavy atom. The molecule has 41 heavy (non-hydrogen) atoms. The van der Waals surface area contributed by atoms with Gasteiger partial charge in [0.1, 0.15) is 11.6 Å². The Balaban J connectivity index is 1.48. The number of piperazine rings is 1. The molecule has 0 spiro atoms. The largest absolute Gasteiger partial charge is 0.493 e. The van der Waals surface area contributed by atoms with Gasteiger partial charge in [-0.1, -0.05) is 19.1 Å². The van der Waals surface area contributed by atoms with E-state index in [4.69, 9.17) is 4.74 Å². The average molecular weight is 575 g/mol. The Hall–Kier alpha value is -3.57. The van der Waals surface area contributed by atoms with Crippen molar-refractivity contribution in [2.75, 3.05) is 44.6 Å². The van der Waals surface area contributed by atoms with Crippen LogP contribution in [0.4, 0.5) is 23.2 Å². The van der Waals surface area contributed by atoms with Crippen LogP contribution in [0.1, 0.15) is 48.3 Å². The molecule has 1 saturated heterocycles. The summed E-state index contributed by atoms with van der Waals surface area (Å²) in [6.45, 7) is 9.42. The normalized spacial score (nSPS) is 16.8. The molecule has 1 aromatic carbocycles. The summed E-state index contributed by atoms with van der Waals surface area (Å²) in [5.41, 5.74) is 0.624. The molecule has 1 aromatic heterocycles. The molecule has 0 radical (unpaired) electrons. The number of likely N-dealkylation sites (N-methyl/N-ethyl adjacent to an activating group) is 1. The summed E-state index contributed by atoms with van der Waals surface area (Å²) in [6.07, 6.45) is -1.54. The predicted octanol–water partition coefficient (Wildman–Crippen LogP) is 5.14. The fraction of sp³-hybridized carbons (Fsp3) is 0.433. The molecule has 2 heterocycles. The summed E-state index contributed by atoms with van der Waals surface area (Å²) in [6, 6.07) is 4.91. The van der Waals surface area contributed by atoms with Crippen molar-refractivity contribution in [3.63, 3.8) is 0 Å². The number of aryl methyl sites for hydroxylation is 1. The van der Waals surface area contributed by atoms with E-state index < -0.39 is 29.2 Å². The van der Waals surface area contributed by atoms with Gasteiger partial charge in [0.25, 0.3) is 0 Å². The molecule has 1 aliphatic carbocycles. The standard InChI is InChI=1S/C30H34F4N4O3/c1-4-37-10-12-38(13-11-37)18-21-14-25(31)27(17-24(21)30(32,33)34)36-29(40)15-20-6-9-26(35-19(20)3)23-8-7-22(39)16-28(23)41-5-2/h6,8-9,14,16-17H,4-5,7,10-13,15,18H2,1-3H3,(H,36,40).